The Kier molecular flexibility index (Phi) is 7.23. The Hall–Kier alpha value is -1.32. The average Bonchev–Trinajstić information content (AvgIpc) is 2.73. The Morgan fingerprint density at radius 2 is 2.05 bits per heavy atom. The molecule has 0 saturated heterocycles. The zero-order valence-electron chi connectivity index (χ0n) is 12.2. The van der Waals surface area contributed by atoms with Crippen LogP contribution in [0.2, 0.25) is 0 Å². The molecule has 0 aliphatic heterocycles. The van der Waals surface area contributed by atoms with Gasteiger partial charge in [0.05, 0.1) is 13.1 Å². The Bertz CT molecular complexity index is 385. The van der Waals surface area contributed by atoms with Crippen molar-refractivity contribution in [3.63, 3.8) is 0 Å². The molecule has 19 heavy (non-hydrogen) atoms. The molecule has 0 aromatic carbocycles. The van der Waals surface area contributed by atoms with Gasteiger partial charge in [-0.2, -0.15) is 0 Å². The van der Waals surface area contributed by atoms with Gasteiger partial charge in [0.15, 0.2) is 0 Å². The molecule has 1 heterocycles. The van der Waals surface area contributed by atoms with E-state index in [0.717, 1.165) is 25.9 Å². The number of hydrogen-bond donors (Lipinski definition) is 0. The van der Waals surface area contributed by atoms with Gasteiger partial charge in [-0.3, -0.25) is 0 Å². The fraction of sp³-hybridized carbons (Fsp3) is 0.733. The van der Waals surface area contributed by atoms with Crippen molar-refractivity contribution in [1.82, 2.24) is 4.57 Å². The topological polar surface area (TPSA) is 48.9 Å². The van der Waals surface area contributed by atoms with E-state index in [4.69, 9.17) is 0 Å². The number of carboxylic acid groups (broad SMARTS) is 1. The number of nitrogens with zero attached hydrogens (tertiary/aromatic N) is 2. The number of aromatic nitrogens is 2. The second-order valence-corrected chi connectivity index (χ2v) is 5.03. The number of aliphatic carboxylic acids is 1. The van der Waals surface area contributed by atoms with Crippen molar-refractivity contribution in [2.75, 3.05) is 0 Å². The Labute approximate surface area is 116 Å². The van der Waals surface area contributed by atoms with Crippen LogP contribution in [-0.4, -0.2) is 10.5 Å². The fourth-order valence-corrected chi connectivity index (χ4v) is 2.36. The van der Waals surface area contributed by atoms with Crippen LogP contribution in [0, 0.1) is 0 Å². The minimum Gasteiger partial charge on any atom is -0.550 e. The van der Waals surface area contributed by atoms with E-state index in [2.05, 4.69) is 35.4 Å². The average molecular weight is 266 g/mol. The van der Waals surface area contributed by atoms with E-state index in [1.54, 1.807) is 0 Å². The predicted octanol–water partition coefficient (Wildman–Crippen LogP) is 1.45. The molecule has 0 fully saturated rings. The number of imidazole rings is 1. The van der Waals surface area contributed by atoms with Crippen molar-refractivity contribution in [2.24, 2.45) is 0 Å². The highest BCUT2D eigenvalue weighted by Crippen LogP contribution is 2.06. The summed E-state index contributed by atoms with van der Waals surface area (Å²) < 4.78 is 4.50. The number of carbonyl (C=O) groups is 1. The number of carboxylic acids is 1. The first-order valence-electron chi connectivity index (χ1n) is 7.46. The van der Waals surface area contributed by atoms with E-state index >= 15 is 0 Å². The lowest BCUT2D eigenvalue weighted by Gasteiger charge is -2.05. The van der Waals surface area contributed by atoms with Gasteiger partial charge in [0.25, 0.3) is 5.82 Å². The lowest BCUT2D eigenvalue weighted by atomic mass is 10.2. The van der Waals surface area contributed by atoms with Gasteiger partial charge in [0.2, 0.25) is 0 Å². The normalized spacial score (nSPS) is 10.8. The van der Waals surface area contributed by atoms with Crippen LogP contribution in [0.5, 0.6) is 0 Å². The summed E-state index contributed by atoms with van der Waals surface area (Å²) in [5.74, 6) is 0.370. The molecule has 1 aromatic heterocycles. The first-order chi connectivity index (χ1) is 9.19. The smallest absolute Gasteiger partial charge is 0.256 e. The van der Waals surface area contributed by atoms with Gasteiger partial charge >= 0.3 is 0 Å². The third-order valence-corrected chi connectivity index (χ3v) is 3.34. The van der Waals surface area contributed by atoms with Gasteiger partial charge in [-0.25, -0.2) is 9.13 Å². The second-order valence-electron chi connectivity index (χ2n) is 5.03. The molecule has 0 atom stereocenters. The molecule has 0 amide bonds. The van der Waals surface area contributed by atoms with E-state index in [9.17, 15) is 9.90 Å². The highest BCUT2D eigenvalue weighted by atomic mass is 16.4. The largest absolute Gasteiger partial charge is 0.550 e. The maximum absolute atomic E-state index is 10.5. The molecular formula is C15H26N2O2. The SMILES string of the molecule is CCCCCc1n(CCCC(=O)[O-])cc[n+]1CCC. The van der Waals surface area contributed by atoms with Crippen molar-refractivity contribution in [1.29, 1.82) is 0 Å². The molecule has 4 nitrogen and oxygen atoms in total. The van der Waals surface area contributed by atoms with Gasteiger partial charge < -0.3 is 9.90 Å². The van der Waals surface area contributed by atoms with Crippen LogP contribution in [0.15, 0.2) is 12.4 Å². The molecule has 1 rings (SSSR count). The third kappa shape index (κ3) is 5.45. The van der Waals surface area contributed by atoms with Gasteiger partial charge in [-0.15, -0.1) is 0 Å². The van der Waals surface area contributed by atoms with Crippen molar-refractivity contribution >= 4 is 5.97 Å². The molecular weight excluding hydrogens is 240 g/mol. The summed E-state index contributed by atoms with van der Waals surface area (Å²) in [5, 5.41) is 10.5. The number of unbranched alkanes of at least 4 members (excludes halogenated alkanes) is 2. The molecule has 0 N–H and O–H groups in total. The summed E-state index contributed by atoms with van der Waals surface area (Å²) in [6, 6.07) is 0. The van der Waals surface area contributed by atoms with Crippen molar-refractivity contribution in [3.05, 3.63) is 18.2 Å². The Balaban J connectivity index is 2.63. The molecule has 0 spiro atoms. The first-order valence-corrected chi connectivity index (χ1v) is 7.46. The second kappa shape index (κ2) is 8.73. The molecule has 0 bridgehead atoms. The first kappa shape index (κ1) is 15.7. The van der Waals surface area contributed by atoms with Crippen molar-refractivity contribution in [3.8, 4) is 0 Å². The minimum absolute atomic E-state index is 0.139. The van der Waals surface area contributed by atoms with E-state index in [1.807, 2.05) is 0 Å². The van der Waals surface area contributed by atoms with Crippen LogP contribution in [-0.2, 0) is 24.3 Å². The molecule has 0 aliphatic rings. The van der Waals surface area contributed by atoms with Crippen LogP contribution >= 0.6 is 0 Å². The molecule has 1 aromatic rings. The third-order valence-electron chi connectivity index (χ3n) is 3.34. The summed E-state index contributed by atoms with van der Waals surface area (Å²) in [6.45, 7) is 6.19. The van der Waals surface area contributed by atoms with Crippen molar-refractivity contribution in [2.45, 2.75) is 71.9 Å². The van der Waals surface area contributed by atoms with Crippen molar-refractivity contribution < 1.29 is 14.5 Å². The van der Waals surface area contributed by atoms with Crippen LogP contribution in [0.4, 0.5) is 0 Å². The number of rotatable bonds is 10. The number of aryl methyl sites for hydroxylation is 2. The maximum atomic E-state index is 10.5. The zero-order chi connectivity index (χ0) is 14.1. The predicted molar refractivity (Wildman–Crippen MR) is 72.4 cm³/mol. The highest BCUT2D eigenvalue weighted by molar-refractivity contribution is 5.64. The maximum Gasteiger partial charge on any atom is 0.256 e. The van der Waals surface area contributed by atoms with Gasteiger partial charge in [-0.05, 0) is 25.7 Å². The molecule has 0 saturated carbocycles. The zero-order valence-corrected chi connectivity index (χ0v) is 12.2. The molecule has 0 aliphatic carbocycles. The van der Waals surface area contributed by atoms with Crippen LogP contribution in [0.3, 0.4) is 0 Å². The number of hydrogen-bond acceptors (Lipinski definition) is 2. The summed E-state index contributed by atoms with van der Waals surface area (Å²) >= 11 is 0. The highest BCUT2D eigenvalue weighted by Gasteiger charge is 2.15. The molecule has 108 valence electrons. The van der Waals surface area contributed by atoms with E-state index in [-0.39, 0.29) is 6.42 Å². The van der Waals surface area contributed by atoms with Crippen LogP contribution in [0.1, 0.15) is 58.2 Å². The fourth-order valence-electron chi connectivity index (χ4n) is 2.36. The summed E-state index contributed by atoms with van der Waals surface area (Å²) in [6.07, 6.45) is 10.8. The number of carbonyl (C=O) groups excluding carboxylic acids is 1. The van der Waals surface area contributed by atoms with Crippen LogP contribution < -0.4 is 9.67 Å². The molecule has 4 heteroatoms. The van der Waals surface area contributed by atoms with E-state index in [0.29, 0.717) is 6.42 Å². The molecule has 0 radical (unpaired) electrons. The van der Waals surface area contributed by atoms with E-state index < -0.39 is 5.97 Å². The van der Waals surface area contributed by atoms with E-state index in [1.165, 1.54) is 25.1 Å². The van der Waals surface area contributed by atoms with Gasteiger partial charge in [-0.1, -0.05) is 26.7 Å². The standard InChI is InChI=1S/C15H26N2O2/c1-3-5-6-8-14-16(10-4-2)12-13-17(14)11-7-9-15(18)19/h12-13H,3-11H2,1-2H3. The quantitative estimate of drug-likeness (QED) is 0.475. The minimum atomic E-state index is -0.957. The summed E-state index contributed by atoms with van der Waals surface area (Å²) in [4.78, 5) is 10.5. The summed E-state index contributed by atoms with van der Waals surface area (Å²) in [5.41, 5.74) is 0. The monoisotopic (exact) mass is 266 g/mol. The Morgan fingerprint density at radius 3 is 2.68 bits per heavy atom. The lowest BCUT2D eigenvalue weighted by molar-refractivity contribution is -0.703. The lowest BCUT2D eigenvalue weighted by Crippen LogP contribution is -2.37. The van der Waals surface area contributed by atoms with Gasteiger partial charge in [0.1, 0.15) is 12.4 Å². The molecule has 0 unspecified atom stereocenters. The van der Waals surface area contributed by atoms with Crippen LogP contribution in [0.25, 0.3) is 0 Å². The van der Waals surface area contributed by atoms with Gasteiger partial charge in [0, 0.05) is 12.4 Å². The Morgan fingerprint density at radius 1 is 1.26 bits per heavy atom. The summed E-state index contributed by atoms with van der Waals surface area (Å²) in [7, 11) is 0.